The van der Waals surface area contributed by atoms with Gasteiger partial charge in [0.05, 0.1) is 15.8 Å². The topological polar surface area (TPSA) is 89.0 Å². The van der Waals surface area contributed by atoms with Crippen molar-refractivity contribution in [3.63, 3.8) is 0 Å². The van der Waals surface area contributed by atoms with Gasteiger partial charge in [0.1, 0.15) is 0 Å². The second-order valence-electron chi connectivity index (χ2n) is 4.89. The fraction of sp³-hybridized carbons (Fsp3) is 0.0714. The zero-order valence-corrected chi connectivity index (χ0v) is 14.8. The van der Waals surface area contributed by atoms with Crippen LogP contribution in [-0.2, 0) is 9.84 Å². The van der Waals surface area contributed by atoms with Crippen LogP contribution in [0.2, 0.25) is 5.02 Å². The minimum atomic E-state index is -5.78. The highest BCUT2D eigenvalue weighted by molar-refractivity contribution is 7.92. The third-order valence-electron chi connectivity index (χ3n) is 3.15. The Morgan fingerprint density at radius 1 is 1.23 bits per heavy atom. The number of carbonyl (C=O) groups excluding carboxylic acids is 1. The van der Waals surface area contributed by atoms with Crippen molar-refractivity contribution in [2.45, 2.75) is 10.5 Å². The monoisotopic (exact) mass is 421 g/mol. The van der Waals surface area contributed by atoms with Crippen molar-refractivity contribution >= 4 is 54.0 Å². The van der Waals surface area contributed by atoms with E-state index in [-0.39, 0.29) is 5.13 Å². The van der Waals surface area contributed by atoms with Crippen LogP contribution in [0, 0.1) is 0 Å². The second kappa shape index (κ2) is 6.49. The number of alkyl halides is 3. The molecule has 0 saturated heterocycles. The van der Waals surface area contributed by atoms with Gasteiger partial charge in [0, 0.05) is 11.2 Å². The molecule has 0 aliphatic carbocycles. The summed E-state index contributed by atoms with van der Waals surface area (Å²) < 4.78 is 62.2. The Morgan fingerprint density at radius 3 is 2.65 bits per heavy atom. The molecule has 1 aromatic carbocycles. The van der Waals surface area contributed by atoms with Crippen LogP contribution in [0.3, 0.4) is 0 Å². The molecule has 0 unspecified atom stereocenters. The largest absolute Gasteiger partial charge is 0.503 e. The molecule has 0 spiro atoms. The Morgan fingerprint density at radius 2 is 1.96 bits per heavy atom. The van der Waals surface area contributed by atoms with Crippen LogP contribution in [0.25, 0.3) is 10.2 Å². The molecule has 2 heterocycles. The van der Waals surface area contributed by atoms with E-state index in [9.17, 15) is 26.4 Å². The van der Waals surface area contributed by atoms with Gasteiger partial charge in [-0.2, -0.15) is 13.2 Å². The molecule has 12 heteroatoms. The minimum absolute atomic E-state index is 0.0754. The summed E-state index contributed by atoms with van der Waals surface area (Å²) in [7, 11) is -5.78. The molecule has 1 N–H and O–H groups in total. The number of halogens is 4. The first-order valence-corrected chi connectivity index (χ1v) is 9.41. The van der Waals surface area contributed by atoms with E-state index in [1.807, 2.05) is 0 Å². The number of aromatic nitrogens is 2. The number of carbonyl (C=O) groups is 1. The molecule has 1 amide bonds. The Labute approximate surface area is 153 Å². The molecule has 2 aromatic heterocycles. The lowest BCUT2D eigenvalue weighted by atomic mass is 10.3. The normalized spacial score (nSPS) is 12.3. The number of sulfone groups is 1. The highest BCUT2D eigenvalue weighted by atomic mass is 35.5. The summed E-state index contributed by atoms with van der Waals surface area (Å²) in [6, 6.07) is 6.89. The summed E-state index contributed by atoms with van der Waals surface area (Å²) in [6.07, 6.45) is 0.856. The lowest BCUT2D eigenvalue weighted by molar-refractivity contribution is -0.0438. The zero-order valence-electron chi connectivity index (χ0n) is 12.4. The lowest BCUT2D eigenvalue weighted by Crippen LogP contribution is -2.27. The number of nitrogens with one attached hydrogen (secondary N) is 1. The summed E-state index contributed by atoms with van der Waals surface area (Å²) >= 11 is 6.89. The van der Waals surface area contributed by atoms with E-state index in [4.69, 9.17) is 11.6 Å². The molecule has 0 radical (unpaired) electrons. The molecular formula is C14H7ClF3N3O3S2. The van der Waals surface area contributed by atoms with Crippen LogP contribution in [0.5, 0.6) is 0 Å². The van der Waals surface area contributed by atoms with E-state index in [1.165, 1.54) is 0 Å². The van der Waals surface area contributed by atoms with Crippen LogP contribution in [-0.4, -0.2) is 29.8 Å². The number of hydrogen-bond donors (Lipinski definition) is 1. The van der Waals surface area contributed by atoms with Gasteiger partial charge in [0.15, 0.2) is 10.2 Å². The Kier molecular flexibility index (Phi) is 4.63. The summed E-state index contributed by atoms with van der Waals surface area (Å²) in [5.41, 5.74) is -5.80. The first-order chi connectivity index (χ1) is 12.1. The summed E-state index contributed by atoms with van der Waals surface area (Å²) in [5.74, 6) is -1.08. The molecule has 26 heavy (non-hydrogen) atoms. The number of hydrogen-bond acceptors (Lipinski definition) is 6. The molecule has 0 atom stereocenters. The number of rotatable bonds is 3. The van der Waals surface area contributed by atoms with Gasteiger partial charge < -0.3 is 0 Å². The number of amides is 1. The number of thiazole rings is 1. The van der Waals surface area contributed by atoms with Gasteiger partial charge >= 0.3 is 5.51 Å². The average molecular weight is 422 g/mol. The van der Waals surface area contributed by atoms with Crippen molar-refractivity contribution in [2.75, 3.05) is 5.32 Å². The predicted molar refractivity (Wildman–Crippen MR) is 90.1 cm³/mol. The fourth-order valence-electron chi connectivity index (χ4n) is 2.00. The molecule has 0 aliphatic heterocycles. The van der Waals surface area contributed by atoms with Gasteiger partial charge in [-0.1, -0.05) is 22.9 Å². The van der Waals surface area contributed by atoms with Gasteiger partial charge in [-0.3, -0.25) is 10.1 Å². The third kappa shape index (κ3) is 3.37. The standard InChI is InChI=1S/C14H7ClF3N3O3S2/c15-7-3-4-9-10(6-7)25-13(20-9)21-11(22)8-2-1-5-19-12(8)26(23,24)14(16,17)18/h1-6H,(H,20,21,22). The number of anilines is 1. The van der Waals surface area contributed by atoms with E-state index >= 15 is 0 Å². The van der Waals surface area contributed by atoms with Gasteiger partial charge in [-0.25, -0.2) is 18.4 Å². The second-order valence-corrected chi connectivity index (χ2v) is 8.21. The maximum atomic E-state index is 12.8. The smallest absolute Gasteiger partial charge is 0.298 e. The molecule has 3 rings (SSSR count). The van der Waals surface area contributed by atoms with Crippen molar-refractivity contribution in [3.8, 4) is 0 Å². The van der Waals surface area contributed by atoms with Crippen LogP contribution in [0.4, 0.5) is 18.3 Å². The van der Waals surface area contributed by atoms with E-state index in [0.717, 1.165) is 29.7 Å². The Balaban J connectivity index is 1.98. The Hall–Kier alpha value is -2.24. The molecule has 3 aromatic rings. The van der Waals surface area contributed by atoms with Gasteiger partial charge in [-0.15, -0.1) is 0 Å². The first-order valence-electron chi connectivity index (χ1n) is 6.73. The molecule has 136 valence electrons. The number of benzene rings is 1. The maximum Gasteiger partial charge on any atom is 0.503 e. The minimum Gasteiger partial charge on any atom is -0.298 e. The van der Waals surface area contributed by atoms with Crippen LogP contribution in [0.1, 0.15) is 10.4 Å². The predicted octanol–water partition coefficient (Wildman–Crippen LogP) is 3.89. The van der Waals surface area contributed by atoms with Gasteiger partial charge in [0.25, 0.3) is 15.7 Å². The van der Waals surface area contributed by atoms with Gasteiger partial charge in [-0.05, 0) is 30.3 Å². The van der Waals surface area contributed by atoms with Crippen molar-refractivity contribution in [1.29, 1.82) is 0 Å². The summed E-state index contributed by atoms with van der Waals surface area (Å²) in [6.45, 7) is 0. The highest BCUT2D eigenvalue weighted by Gasteiger charge is 2.49. The van der Waals surface area contributed by atoms with E-state index in [0.29, 0.717) is 15.2 Å². The molecular weight excluding hydrogens is 415 g/mol. The van der Waals surface area contributed by atoms with E-state index in [1.54, 1.807) is 18.2 Å². The molecule has 0 aliphatic rings. The maximum absolute atomic E-state index is 12.8. The van der Waals surface area contributed by atoms with Crippen molar-refractivity contribution in [1.82, 2.24) is 9.97 Å². The van der Waals surface area contributed by atoms with E-state index < -0.39 is 31.8 Å². The molecule has 0 bridgehead atoms. The zero-order chi connectivity index (χ0) is 19.1. The number of pyridine rings is 1. The van der Waals surface area contributed by atoms with Gasteiger partial charge in [0.2, 0.25) is 0 Å². The van der Waals surface area contributed by atoms with Crippen molar-refractivity contribution < 1.29 is 26.4 Å². The molecule has 0 fully saturated rings. The average Bonchev–Trinajstić information content (AvgIpc) is 2.95. The van der Waals surface area contributed by atoms with E-state index in [2.05, 4.69) is 15.3 Å². The fourth-order valence-corrected chi connectivity index (χ4v) is 4.01. The highest BCUT2D eigenvalue weighted by Crippen LogP contribution is 2.32. The summed E-state index contributed by atoms with van der Waals surface area (Å²) in [5, 5.41) is 1.44. The molecule has 6 nitrogen and oxygen atoms in total. The number of nitrogens with zero attached hydrogens (tertiary/aromatic N) is 2. The van der Waals surface area contributed by atoms with Crippen LogP contribution in [0.15, 0.2) is 41.6 Å². The first kappa shape index (κ1) is 18.5. The SMILES string of the molecule is O=C(Nc1nc2ccc(Cl)cc2s1)c1cccnc1S(=O)(=O)C(F)(F)F. The molecule has 0 saturated carbocycles. The third-order valence-corrected chi connectivity index (χ3v) is 5.76. The van der Waals surface area contributed by atoms with Crippen molar-refractivity contribution in [2.24, 2.45) is 0 Å². The van der Waals surface area contributed by atoms with Crippen molar-refractivity contribution in [3.05, 3.63) is 47.1 Å². The quantitative estimate of drug-likeness (QED) is 0.693. The Bertz CT molecular complexity index is 1110. The number of fused-ring (bicyclic) bond motifs is 1. The van der Waals surface area contributed by atoms with Crippen LogP contribution < -0.4 is 5.32 Å². The summed E-state index contributed by atoms with van der Waals surface area (Å²) in [4.78, 5) is 19.6. The van der Waals surface area contributed by atoms with Crippen LogP contribution >= 0.6 is 22.9 Å². The lowest BCUT2D eigenvalue weighted by Gasteiger charge is -2.10.